The highest BCUT2D eigenvalue weighted by Crippen LogP contribution is 2.30. The summed E-state index contributed by atoms with van der Waals surface area (Å²) < 4.78 is 119. The van der Waals surface area contributed by atoms with E-state index >= 15 is 0 Å². The summed E-state index contributed by atoms with van der Waals surface area (Å²) in [6, 6.07) is 3.67. The van der Waals surface area contributed by atoms with E-state index in [0.29, 0.717) is 71.2 Å². The highest BCUT2D eigenvalue weighted by molar-refractivity contribution is 7.89. The number of methoxy groups -OCH3 is 2. The van der Waals surface area contributed by atoms with Gasteiger partial charge in [0, 0.05) is 62.6 Å². The molecule has 2 saturated heterocycles. The topological polar surface area (TPSA) is 287 Å². The molecule has 70 heavy (non-hydrogen) atoms. The molecular formula is C43H56ClF4N11O9S2. The number of benzene rings is 2. The summed E-state index contributed by atoms with van der Waals surface area (Å²) in [6.07, 6.45) is 5.15. The van der Waals surface area contributed by atoms with Gasteiger partial charge in [-0.05, 0) is 76.3 Å². The fourth-order valence-electron chi connectivity index (χ4n) is 7.46. The minimum atomic E-state index is -3.40. The molecule has 20 nitrogen and oxygen atoms in total. The molecule has 2 fully saturated rings. The maximum Gasteiger partial charge on any atom is 0.224 e. The molecule has 0 spiro atoms. The predicted molar refractivity (Wildman–Crippen MR) is 254 cm³/mol. The number of rotatable bonds is 21. The zero-order chi connectivity index (χ0) is 51.3. The van der Waals surface area contributed by atoms with Gasteiger partial charge in [-0.15, -0.1) is 11.6 Å². The van der Waals surface area contributed by atoms with Gasteiger partial charge in [0.25, 0.3) is 0 Å². The fraction of sp³-hybridized carbons (Fsp3) is 0.488. The lowest BCUT2D eigenvalue weighted by molar-refractivity contribution is 0.102. The van der Waals surface area contributed by atoms with Gasteiger partial charge in [0.05, 0.1) is 43.5 Å². The summed E-state index contributed by atoms with van der Waals surface area (Å²) in [5.74, 6) is -7.10. The van der Waals surface area contributed by atoms with Crippen LogP contribution in [0.3, 0.4) is 0 Å². The van der Waals surface area contributed by atoms with E-state index in [1.165, 1.54) is 22.8 Å². The number of sulfonamides is 2. The molecule has 2 aromatic heterocycles. The number of carbonyl (C=O) groups is 2. The number of aromatic nitrogens is 4. The molecule has 1 atom stereocenters. The number of hydrogen-bond donors (Lipinski definition) is 6. The van der Waals surface area contributed by atoms with Gasteiger partial charge in [-0.2, -0.15) is 9.97 Å². The monoisotopic (exact) mass is 1050 g/mol. The Balaban J connectivity index is 0.000000262. The molecular weight excluding hydrogens is 990 g/mol. The largest absolute Gasteiger partial charge is 0.496 e. The molecule has 2 aliphatic rings. The zero-order valence-electron chi connectivity index (χ0n) is 38.6. The summed E-state index contributed by atoms with van der Waals surface area (Å²) in [4.78, 5) is 41.9. The van der Waals surface area contributed by atoms with E-state index in [2.05, 4.69) is 35.9 Å². The number of nitrogens with two attached hydrogens (primary N) is 2. The van der Waals surface area contributed by atoms with E-state index in [-0.39, 0.29) is 88.3 Å². The van der Waals surface area contributed by atoms with Crippen LogP contribution in [0.5, 0.6) is 11.5 Å². The Morgan fingerprint density at radius 3 is 1.50 bits per heavy atom. The summed E-state index contributed by atoms with van der Waals surface area (Å²) >= 11 is 5.59. The number of alkyl halides is 1. The molecule has 0 saturated carbocycles. The Hall–Kier alpha value is -5.51. The van der Waals surface area contributed by atoms with Crippen molar-refractivity contribution in [2.24, 2.45) is 0 Å². The highest BCUT2D eigenvalue weighted by atomic mass is 35.5. The molecule has 4 heterocycles. The van der Waals surface area contributed by atoms with Crippen LogP contribution in [-0.2, 0) is 20.0 Å². The maximum atomic E-state index is 14.3. The molecule has 0 unspecified atom stereocenters. The van der Waals surface area contributed by atoms with Gasteiger partial charge in [0.15, 0.2) is 23.3 Å². The van der Waals surface area contributed by atoms with E-state index < -0.39 is 66.0 Å². The SMILES string of the molecule is COc1ccc(F)c(F)c1C(=O)c1cnc(NC2CCN(S(=O)(=O)CCCCl)CC2)nc1N.COc1ccc(F)c(F)c1C(=O)c1cnc(NC2CCN(S(=O)(=O)CCCN[C@H](C)CO)CC2)nc1N. The predicted octanol–water partition coefficient (Wildman–Crippen LogP) is 3.55. The van der Waals surface area contributed by atoms with Crippen LogP contribution in [0.1, 0.15) is 77.3 Å². The lowest BCUT2D eigenvalue weighted by Crippen LogP contribution is -2.43. The molecule has 384 valence electrons. The van der Waals surface area contributed by atoms with Crippen molar-refractivity contribution >= 4 is 66.7 Å². The number of ether oxygens (including phenoxy) is 2. The molecule has 0 aliphatic carbocycles. The second-order valence-corrected chi connectivity index (χ2v) is 20.8. The van der Waals surface area contributed by atoms with Crippen molar-refractivity contribution < 1.29 is 58.6 Å². The van der Waals surface area contributed by atoms with E-state index in [1.807, 2.05) is 6.92 Å². The van der Waals surface area contributed by atoms with Crippen molar-refractivity contribution in [2.45, 2.75) is 63.6 Å². The first kappa shape index (κ1) is 55.4. The van der Waals surface area contributed by atoms with Gasteiger partial charge in [-0.3, -0.25) is 9.59 Å². The van der Waals surface area contributed by atoms with Gasteiger partial charge in [0.1, 0.15) is 34.3 Å². The molecule has 0 radical (unpaired) electrons. The number of carbonyl (C=O) groups excluding carboxylic acids is 2. The molecule has 2 aromatic carbocycles. The van der Waals surface area contributed by atoms with E-state index in [1.54, 1.807) is 0 Å². The van der Waals surface area contributed by atoms with Crippen molar-refractivity contribution in [3.63, 3.8) is 0 Å². The third-order valence-corrected chi connectivity index (χ3v) is 15.6. The third kappa shape index (κ3) is 14.1. The second kappa shape index (κ2) is 25.0. The minimum absolute atomic E-state index is 0.0119. The van der Waals surface area contributed by atoms with Gasteiger partial charge >= 0.3 is 0 Å². The lowest BCUT2D eigenvalue weighted by Gasteiger charge is -2.31. The number of nitrogens with zero attached hydrogens (tertiary/aromatic N) is 6. The van der Waals surface area contributed by atoms with Crippen LogP contribution >= 0.6 is 11.6 Å². The van der Waals surface area contributed by atoms with Gasteiger partial charge < -0.3 is 42.0 Å². The standard InChI is InChI=1S/C23H32F2N6O5S.C20H24ClF2N5O4S/c1-14(13-32)27-8-3-11-37(34,35)31-9-6-15(7-10-31)29-23-28-12-16(22(26)30-23)21(33)19-18(36-2)5-4-17(24)20(19)25;1-32-15-4-3-14(22)17(23)16(15)18(29)13-11-25-20(27-19(13)24)26-12-5-8-28(9-6-12)33(30,31)10-2-7-21/h4-5,12,14-15,27,32H,3,6-11,13H2,1-2H3,(H3,26,28,29,30);3-4,11-12H,2,5-10H2,1H3,(H3,24,25,26,27)/t14-;/m1./s1. The molecule has 4 aromatic rings. The van der Waals surface area contributed by atoms with Crippen molar-refractivity contribution in [2.75, 3.05) is 93.0 Å². The number of aliphatic hydroxyl groups is 1. The minimum Gasteiger partial charge on any atom is -0.496 e. The van der Waals surface area contributed by atoms with Crippen LogP contribution in [0.4, 0.5) is 41.1 Å². The zero-order valence-corrected chi connectivity index (χ0v) is 40.9. The fourth-order valence-corrected chi connectivity index (χ4v) is 10.8. The average Bonchev–Trinajstić information content (AvgIpc) is 3.34. The summed E-state index contributed by atoms with van der Waals surface area (Å²) in [5, 5.41) is 18.2. The number of ketones is 2. The van der Waals surface area contributed by atoms with E-state index in [0.717, 1.165) is 36.7 Å². The second-order valence-electron chi connectivity index (χ2n) is 16.2. The normalized spacial score (nSPS) is 15.7. The number of hydrogen-bond acceptors (Lipinski definition) is 18. The molecule has 0 bridgehead atoms. The number of nitrogens with one attached hydrogen (secondary N) is 3. The number of nitrogen functional groups attached to an aromatic ring is 2. The Labute approximate surface area is 408 Å². The van der Waals surface area contributed by atoms with Crippen molar-refractivity contribution in [1.29, 1.82) is 0 Å². The first-order chi connectivity index (χ1) is 33.2. The van der Waals surface area contributed by atoms with Crippen LogP contribution in [0, 0.1) is 23.3 Å². The molecule has 2 aliphatic heterocycles. The molecule has 6 rings (SSSR count). The number of anilines is 4. The summed E-state index contributed by atoms with van der Waals surface area (Å²) in [5.41, 5.74) is 10.2. The summed E-state index contributed by atoms with van der Waals surface area (Å²) in [6.45, 7) is 3.63. The first-order valence-corrected chi connectivity index (χ1v) is 25.8. The van der Waals surface area contributed by atoms with Crippen LogP contribution in [0.25, 0.3) is 0 Å². The Morgan fingerprint density at radius 1 is 0.743 bits per heavy atom. The van der Waals surface area contributed by atoms with Crippen molar-refractivity contribution in [3.8, 4) is 11.5 Å². The lowest BCUT2D eigenvalue weighted by atomic mass is 10.0. The average molecular weight is 1050 g/mol. The Kier molecular flexibility index (Phi) is 19.8. The van der Waals surface area contributed by atoms with Crippen molar-refractivity contribution in [3.05, 3.63) is 82.2 Å². The third-order valence-electron chi connectivity index (χ3n) is 11.4. The highest BCUT2D eigenvalue weighted by Gasteiger charge is 2.31. The number of halogens is 5. The Bertz CT molecular complexity index is 2700. The quantitative estimate of drug-likeness (QED) is 0.0301. The van der Waals surface area contributed by atoms with Crippen LogP contribution < -0.4 is 36.9 Å². The number of aliphatic hydroxyl groups excluding tert-OH is 1. The van der Waals surface area contributed by atoms with Crippen LogP contribution in [0.15, 0.2) is 36.7 Å². The number of piperidine rings is 2. The molecule has 27 heteroatoms. The molecule has 8 N–H and O–H groups in total. The Morgan fingerprint density at radius 2 is 1.14 bits per heavy atom. The van der Waals surface area contributed by atoms with Gasteiger partial charge in [0.2, 0.25) is 43.5 Å². The maximum absolute atomic E-state index is 14.3. The summed E-state index contributed by atoms with van der Waals surface area (Å²) in [7, 11) is -4.28. The van der Waals surface area contributed by atoms with E-state index in [4.69, 9.17) is 37.6 Å². The van der Waals surface area contributed by atoms with E-state index in [9.17, 15) is 44.0 Å². The first-order valence-electron chi connectivity index (χ1n) is 22.0. The molecule has 0 amide bonds. The smallest absolute Gasteiger partial charge is 0.224 e. The van der Waals surface area contributed by atoms with Crippen LogP contribution in [0.2, 0.25) is 0 Å². The van der Waals surface area contributed by atoms with Crippen LogP contribution in [-0.4, -0.2) is 151 Å². The van der Waals surface area contributed by atoms with Crippen molar-refractivity contribution in [1.82, 2.24) is 33.9 Å². The van der Waals surface area contributed by atoms with Gasteiger partial charge in [-0.1, -0.05) is 0 Å². The van der Waals surface area contributed by atoms with Gasteiger partial charge in [-0.25, -0.2) is 53.0 Å².